The monoisotopic (exact) mass is 2150 g/mol. The summed E-state index contributed by atoms with van der Waals surface area (Å²) in [5, 5.41) is 90.1. The minimum atomic E-state index is -4.84. The molecule has 1 atom stereocenters. The van der Waals surface area contributed by atoms with Crippen molar-refractivity contribution in [2.24, 2.45) is 40.9 Å². The molecule has 0 spiro atoms. The minimum absolute atomic E-state index is 0. The average Bonchev–Trinajstić information content (AvgIpc) is 1.63. The predicted molar refractivity (Wildman–Crippen MR) is 489 cm³/mol. The van der Waals surface area contributed by atoms with E-state index in [0.29, 0.717) is 11.3 Å². The molecule has 9 aromatic carbocycles. The van der Waals surface area contributed by atoms with Crippen LogP contribution in [0.3, 0.4) is 0 Å². The number of thiophene rings is 1. The number of sulfonamides is 1. The Kier molecular flexibility index (Phi) is 54.5. The standard InChI is InChI=1S/C42H28N11O10S4.C38H29N11O10S5.2CO2.8Li.O3S/c1-24-34(23-44)38(45-28-13-17-31(18-14-28)65(55,56)57)49-39(46-29-15-19-32(20-16-29)66(58,59)60)36(24)51-53-42-48-37(41(64-42)52-50-35-8-3-2-5-27(35)22-43)25-9-11-30(12-10-25)47-40(54)26-6-4-7-33(21-26)67(61,62)63;1-22-31(19-39)35(42-25-8-12-29(13-9-25)63(54,55)56)44-36(43-26-10-14-30(15-11-26)64(57,58)59)34(22)46-47-37-32(20-40)33(38(60-37)48-45-27-6-4-3-5-7-27)24-16-23(21-62(41,52)53)17-28(18-24)49-61(2,50)51;2*2-1-3;;;;;;;;;1-4(2)3/h2-3,5-21H,1H3,(H,47,54)(H2,45,46,49)(H,55,56,57)(H,58,59,60)(H,61,62,63);3,6-18,49H,21H2,1-2H3,(H2,41,52,53)(H2,42,43,44)(H,54,55,56)(H,57,58,59);;;;;;;;;;;/q-1;-2;;;8*+1;/p-5. The zero-order chi connectivity index (χ0) is 104. The van der Waals surface area contributed by atoms with Crippen molar-refractivity contribution in [2.75, 3.05) is 37.6 Å². The van der Waals surface area contributed by atoms with Gasteiger partial charge in [-0.1, -0.05) is 57.4 Å². The number of rotatable bonds is 29. The molecule has 67 heteroatoms. The number of pyridine rings is 2. The molecular formula is C82H52Li8N22O27S10. The number of carbonyl (C=O) groups is 1. The summed E-state index contributed by atoms with van der Waals surface area (Å²) in [6, 6.07) is 59.0. The van der Waals surface area contributed by atoms with E-state index in [1.165, 1.54) is 117 Å². The molecule has 1 unspecified atom stereocenters. The third-order valence-corrected chi connectivity index (χ3v) is 24.9. The van der Waals surface area contributed by atoms with E-state index in [0.717, 1.165) is 89.6 Å². The number of azo groups is 4. The van der Waals surface area contributed by atoms with Crippen LogP contribution in [0.1, 0.15) is 49.3 Å². The van der Waals surface area contributed by atoms with Crippen molar-refractivity contribution in [1.29, 1.82) is 25.8 Å². The first kappa shape index (κ1) is 135. The summed E-state index contributed by atoms with van der Waals surface area (Å²) in [6.45, 7) is 3.02. The average molecular weight is 2150 g/mol. The summed E-state index contributed by atoms with van der Waals surface area (Å²) in [5.41, 5.74) is 2.53. The number of hydrogen-bond donors (Lipinski definition) is 8. The molecule has 0 bridgehead atoms. The molecule has 1 amide bonds. The van der Waals surface area contributed by atoms with Gasteiger partial charge in [0.1, 0.15) is 98.1 Å². The van der Waals surface area contributed by atoms with Gasteiger partial charge in [-0.05, 0) is 165 Å². The number of anilines is 10. The van der Waals surface area contributed by atoms with E-state index in [9.17, 15) is 108 Å². The molecule has 0 fully saturated rings. The minimum Gasteiger partial charge on any atom is -0.754 e. The maximum Gasteiger partial charge on any atom is 1.00 e. The van der Waals surface area contributed by atoms with Crippen molar-refractivity contribution in [3.8, 4) is 46.7 Å². The van der Waals surface area contributed by atoms with Crippen LogP contribution in [-0.2, 0) is 106 Å². The number of carbonyl (C=O) groups excluding carboxylic acids is 5. The Bertz CT molecular complexity index is 8410. The van der Waals surface area contributed by atoms with Gasteiger partial charge < -0.3 is 72.1 Å². The van der Waals surface area contributed by atoms with E-state index in [1.807, 2.05) is 18.2 Å². The Morgan fingerprint density at radius 1 is 0.436 bits per heavy atom. The van der Waals surface area contributed by atoms with Crippen molar-refractivity contribution >= 4 is 222 Å². The van der Waals surface area contributed by atoms with Crippen LogP contribution < -0.4 is 182 Å². The van der Waals surface area contributed by atoms with Crippen LogP contribution in [0.2, 0.25) is 0 Å². The van der Waals surface area contributed by atoms with Gasteiger partial charge in [-0.25, -0.2) is 66.0 Å². The molecule has 13 rings (SSSR count). The zero-order valence-electron chi connectivity index (χ0n) is 78.6. The second-order valence-corrected chi connectivity index (χ2v) is 39.7. The number of amides is 1. The van der Waals surface area contributed by atoms with Gasteiger partial charge in [-0.2, -0.15) is 63.5 Å². The molecule has 0 saturated heterocycles. The molecule has 0 aliphatic carbocycles. The Balaban J connectivity index is 0.00000130. The van der Waals surface area contributed by atoms with Gasteiger partial charge in [0.2, 0.25) is 15.2 Å². The first-order valence-corrected chi connectivity index (χ1v) is 50.7. The van der Waals surface area contributed by atoms with Gasteiger partial charge in [0.15, 0.2) is 49.2 Å². The quantitative estimate of drug-likeness (QED) is 0.00934. The summed E-state index contributed by atoms with van der Waals surface area (Å²) in [7, 11) is -35.1. The third-order valence-electron chi connectivity index (χ3n) is 17.6. The van der Waals surface area contributed by atoms with Gasteiger partial charge in [-0.15, -0.1) is 55.1 Å². The number of benzene rings is 9. The van der Waals surface area contributed by atoms with Crippen LogP contribution in [0, 0.1) is 82.2 Å². The van der Waals surface area contributed by atoms with Gasteiger partial charge in [0, 0.05) is 56.4 Å². The second-order valence-electron chi connectivity index (χ2n) is 27.2. The van der Waals surface area contributed by atoms with Gasteiger partial charge in [-0.3, -0.25) is 35.2 Å². The van der Waals surface area contributed by atoms with E-state index in [4.69, 9.17) is 36.6 Å². The van der Waals surface area contributed by atoms with E-state index in [2.05, 4.69) is 111 Å². The summed E-state index contributed by atoms with van der Waals surface area (Å²) in [6.07, 6.45) is 1.38. The number of nitrogens with one attached hydrogen (secondary N) is 7. The van der Waals surface area contributed by atoms with Crippen LogP contribution in [0.15, 0.2) is 266 Å². The Hall–Kier alpha value is -12.0. The van der Waals surface area contributed by atoms with Crippen LogP contribution in [0.4, 0.5) is 100 Å². The SMILES string of the molecule is Cc1c(C#N)c(Nc2ccc(S(=O)(=O)[O-])cc2)nc(Nc2ccc(S(=O)(=O)[O-])cc2)c1N=Nc1nc(-c2ccc(NC(=O)c3c[c-]cc(S(=O)(=O)[O-])c3)cc2)c(N=Nc2ccccc2C#N)s1.Cc1c(C#N)c(Nc2ccc(S(=O)(=O)[O-])cc2)nc(Nc2ccc(S(=O)(=O)[O-])cc2)c1N=Nc1sc(N=Nc2c[c-]c[c-]c2)c(-c2cc(CS(=N)(=O)O)cc(NS(C)(=O)=O)c2)c1C#N.O=C=O.O=C=O.O=S(=O)=O.[Li+].[Li+].[Li+].[Li+].[Li+].[Li+].[Li+].[Li+]. The summed E-state index contributed by atoms with van der Waals surface area (Å²) >= 11 is 1.73. The smallest absolute Gasteiger partial charge is 0.754 e. The number of thiazole rings is 1. The van der Waals surface area contributed by atoms with Crippen molar-refractivity contribution in [2.45, 2.75) is 44.1 Å². The molecule has 0 aliphatic heterocycles. The fraction of sp³-hybridized carbons (Fsp3) is 0.0488. The number of nitrogens with zero attached hydrogens (tertiary/aromatic N) is 15. The van der Waals surface area contributed by atoms with Crippen LogP contribution in [-0.4, -0.2) is 134 Å². The van der Waals surface area contributed by atoms with E-state index in [-0.39, 0.29) is 319 Å². The van der Waals surface area contributed by atoms with E-state index in [1.54, 1.807) is 36.4 Å². The van der Waals surface area contributed by atoms with Crippen molar-refractivity contribution < 1.29 is 270 Å². The molecule has 49 nitrogen and oxygen atoms in total. The normalized spacial score (nSPS) is 11.2. The van der Waals surface area contributed by atoms with Gasteiger partial charge in [0.05, 0.1) is 58.4 Å². The molecule has 13 aromatic rings. The fourth-order valence-corrected chi connectivity index (χ4v) is 16.8. The van der Waals surface area contributed by atoms with Crippen molar-refractivity contribution in [3.63, 3.8) is 0 Å². The molecular weight excluding hydrogens is 2100 g/mol. The Morgan fingerprint density at radius 2 is 0.832 bits per heavy atom. The molecule has 0 saturated carbocycles. The first-order valence-electron chi connectivity index (χ1n) is 37.5. The number of nitriles is 4. The number of aromatic nitrogens is 3. The zero-order valence-corrected chi connectivity index (χ0v) is 86.8. The van der Waals surface area contributed by atoms with Crippen LogP contribution in [0.5, 0.6) is 0 Å². The summed E-state index contributed by atoms with van der Waals surface area (Å²) < 4.78 is 255. The molecule has 0 radical (unpaired) electrons. The molecule has 720 valence electrons. The molecule has 4 aromatic heterocycles. The topological polar surface area (TPSA) is 823 Å². The summed E-state index contributed by atoms with van der Waals surface area (Å²) in [5.74, 6) is -1.74. The maximum absolute atomic E-state index is 12.9. The van der Waals surface area contributed by atoms with E-state index < -0.39 is 117 Å². The fourth-order valence-electron chi connectivity index (χ4n) is 11.7. The van der Waals surface area contributed by atoms with Crippen LogP contribution in [0.25, 0.3) is 22.4 Å². The number of hydrogen-bond acceptors (Lipinski definition) is 48. The molecule has 8 N–H and O–H groups in total. The van der Waals surface area contributed by atoms with E-state index >= 15 is 0 Å². The summed E-state index contributed by atoms with van der Waals surface area (Å²) in [4.78, 5) is 56.5. The largest absolute Gasteiger partial charge is 1.00 e. The second kappa shape index (κ2) is 60.2. The van der Waals surface area contributed by atoms with Crippen molar-refractivity contribution in [3.05, 3.63) is 263 Å². The third kappa shape index (κ3) is 40.0. The van der Waals surface area contributed by atoms with Gasteiger partial charge in [0.25, 0.3) is 0 Å². The molecule has 149 heavy (non-hydrogen) atoms. The molecule has 4 heterocycles. The van der Waals surface area contributed by atoms with Gasteiger partial charge >= 0.3 is 174 Å². The Labute approximate surface area is 954 Å². The van der Waals surface area contributed by atoms with Crippen LogP contribution >= 0.6 is 22.7 Å². The predicted octanol–water partition coefficient (Wildman–Crippen LogP) is -9.82. The Morgan fingerprint density at radius 3 is 1.23 bits per heavy atom. The first-order chi connectivity index (χ1) is 66.4. The maximum atomic E-state index is 12.9. The van der Waals surface area contributed by atoms with Crippen molar-refractivity contribution in [1.82, 2.24) is 15.0 Å². The molecule has 0 aliphatic rings.